The third-order valence-corrected chi connectivity index (χ3v) is 3.80. The molecule has 7 nitrogen and oxygen atoms in total. The first-order valence-corrected chi connectivity index (χ1v) is 7.68. The van der Waals surface area contributed by atoms with Crippen molar-refractivity contribution in [2.75, 3.05) is 24.6 Å². The average Bonchev–Trinajstić information content (AvgIpc) is 2.54. The number of aliphatic hydroxyl groups is 1. The first kappa shape index (κ1) is 17.1. The Balaban J connectivity index is 2.28. The van der Waals surface area contributed by atoms with Gasteiger partial charge in [0.15, 0.2) is 5.82 Å². The Morgan fingerprint density at radius 1 is 1.61 bits per heavy atom. The summed E-state index contributed by atoms with van der Waals surface area (Å²) in [7, 11) is 0. The summed E-state index contributed by atoms with van der Waals surface area (Å²) in [6, 6.07) is 1.88. The summed E-state index contributed by atoms with van der Waals surface area (Å²) in [5, 5.41) is 11.8. The lowest BCUT2D eigenvalue weighted by Gasteiger charge is -2.38. The number of rotatable bonds is 5. The van der Waals surface area contributed by atoms with Crippen LogP contribution in [0.1, 0.15) is 20.3 Å². The van der Waals surface area contributed by atoms with Gasteiger partial charge in [0.25, 0.3) is 0 Å². The maximum atomic E-state index is 11.5. The van der Waals surface area contributed by atoms with Gasteiger partial charge in [-0.25, -0.2) is 9.98 Å². The number of nitrogens with zero attached hydrogens (tertiary/aromatic N) is 4. The zero-order valence-electron chi connectivity index (χ0n) is 13.6. The van der Waals surface area contributed by atoms with Crippen LogP contribution in [0.3, 0.4) is 0 Å². The van der Waals surface area contributed by atoms with Gasteiger partial charge in [-0.1, -0.05) is 6.92 Å². The summed E-state index contributed by atoms with van der Waals surface area (Å²) in [6.07, 6.45) is 4.25. The number of aliphatic imine (C=N–C) groups is 2. The fourth-order valence-electron chi connectivity index (χ4n) is 2.98. The molecule has 0 radical (unpaired) electrons. The maximum Gasteiger partial charge on any atom is 0.245 e. The van der Waals surface area contributed by atoms with Crippen molar-refractivity contribution in [3.05, 3.63) is 12.3 Å². The van der Waals surface area contributed by atoms with E-state index in [9.17, 15) is 4.79 Å². The van der Waals surface area contributed by atoms with Crippen LogP contribution < -0.4 is 10.2 Å². The van der Waals surface area contributed by atoms with E-state index in [1.807, 2.05) is 13.0 Å². The van der Waals surface area contributed by atoms with E-state index in [1.54, 1.807) is 12.4 Å². The number of pyridine rings is 1. The highest BCUT2D eigenvalue weighted by atomic mass is 16.3. The van der Waals surface area contributed by atoms with E-state index in [0.29, 0.717) is 24.0 Å². The lowest BCUT2D eigenvalue weighted by Crippen LogP contribution is -2.51. The zero-order valence-corrected chi connectivity index (χ0v) is 13.6. The molecule has 23 heavy (non-hydrogen) atoms. The molecule has 2 N–H and O–H groups in total. The summed E-state index contributed by atoms with van der Waals surface area (Å²) >= 11 is 0. The van der Waals surface area contributed by atoms with Crippen LogP contribution in [0.4, 0.5) is 17.2 Å². The van der Waals surface area contributed by atoms with Crippen LogP contribution in [-0.2, 0) is 4.79 Å². The molecule has 124 valence electrons. The van der Waals surface area contributed by atoms with Gasteiger partial charge in [0.05, 0.1) is 5.69 Å². The van der Waals surface area contributed by atoms with E-state index in [4.69, 9.17) is 5.11 Å². The topological polar surface area (TPSA) is 90.2 Å². The van der Waals surface area contributed by atoms with E-state index in [0.717, 1.165) is 18.7 Å². The van der Waals surface area contributed by atoms with Crippen LogP contribution >= 0.6 is 0 Å². The molecule has 1 aromatic heterocycles. The quantitative estimate of drug-likeness (QED) is 0.805. The van der Waals surface area contributed by atoms with E-state index < -0.39 is 6.61 Å². The van der Waals surface area contributed by atoms with E-state index in [-0.39, 0.29) is 11.9 Å². The second-order valence-electron chi connectivity index (χ2n) is 5.72. The predicted octanol–water partition coefficient (Wildman–Crippen LogP) is 1.46. The predicted molar refractivity (Wildman–Crippen MR) is 92.3 cm³/mol. The molecular weight excluding hydrogens is 294 g/mol. The fourth-order valence-corrected chi connectivity index (χ4v) is 2.98. The molecule has 2 atom stereocenters. The Kier molecular flexibility index (Phi) is 5.81. The van der Waals surface area contributed by atoms with Crippen molar-refractivity contribution in [3.63, 3.8) is 0 Å². The Labute approximate surface area is 136 Å². The monoisotopic (exact) mass is 317 g/mol. The van der Waals surface area contributed by atoms with Crippen molar-refractivity contribution in [2.24, 2.45) is 15.9 Å². The van der Waals surface area contributed by atoms with Gasteiger partial charge >= 0.3 is 0 Å². The second kappa shape index (κ2) is 7.82. The van der Waals surface area contributed by atoms with Gasteiger partial charge < -0.3 is 15.3 Å². The van der Waals surface area contributed by atoms with Crippen LogP contribution in [0.5, 0.6) is 0 Å². The molecule has 2 rings (SSSR count). The third-order valence-electron chi connectivity index (χ3n) is 3.80. The van der Waals surface area contributed by atoms with Gasteiger partial charge in [0.1, 0.15) is 12.3 Å². The molecule has 7 heteroatoms. The van der Waals surface area contributed by atoms with Gasteiger partial charge in [0.2, 0.25) is 5.91 Å². The lowest BCUT2D eigenvalue weighted by molar-refractivity contribution is -0.124. The minimum absolute atomic E-state index is 0.0117. The number of amides is 1. The van der Waals surface area contributed by atoms with E-state index in [1.165, 1.54) is 0 Å². The second-order valence-corrected chi connectivity index (χ2v) is 5.72. The van der Waals surface area contributed by atoms with Crippen LogP contribution in [-0.4, -0.2) is 54.7 Å². The van der Waals surface area contributed by atoms with E-state index in [2.05, 4.69) is 38.8 Å². The molecule has 1 saturated heterocycles. The summed E-state index contributed by atoms with van der Waals surface area (Å²) in [5.41, 5.74) is 1.55. The molecule has 1 amide bonds. The van der Waals surface area contributed by atoms with Gasteiger partial charge in [-0.2, -0.15) is 0 Å². The van der Waals surface area contributed by atoms with Crippen molar-refractivity contribution in [3.8, 4) is 0 Å². The number of hydrogen-bond donors (Lipinski definition) is 2. The molecule has 2 heterocycles. The van der Waals surface area contributed by atoms with Gasteiger partial charge in [-0.15, -0.1) is 0 Å². The van der Waals surface area contributed by atoms with Gasteiger partial charge in [0, 0.05) is 31.5 Å². The minimum atomic E-state index is -0.491. The fraction of sp³-hybridized carbons (Fsp3) is 0.500. The summed E-state index contributed by atoms with van der Waals surface area (Å²) in [6.45, 7) is 8.61. The molecule has 1 aromatic rings. The number of carbonyl (C=O) groups is 1. The molecule has 0 spiro atoms. The summed E-state index contributed by atoms with van der Waals surface area (Å²) < 4.78 is 0. The molecule has 1 aliphatic rings. The molecule has 0 aliphatic carbocycles. The van der Waals surface area contributed by atoms with Crippen molar-refractivity contribution in [1.82, 2.24) is 10.3 Å². The number of carbonyl (C=O) groups excluding carboxylic acids is 1. The Morgan fingerprint density at radius 3 is 3.04 bits per heavy atom. The highest BCUT2D eigenvalue weighted by Gasteiger charge is 2.27. The first-order chi connectivity index (χ1) is 11.1. The van der Waals surface area contributed by atoms with Crippen LogP contribution in [0.15, 0.2) is 22.2 Å². The molecule has 1 aliphatic heterocycles. The largest absolute Gasteiger partial charge is 0.387 e. The zero-order chi connectivity index (χ0) is 16.8. The molecule has 0 unspecified atom stereocenters. The molecule has 0 saturated carbocycles. The van der Waals surface area contributed by atoms with Crippen molar-refractivity contribution in [1.29, 1.82) is 0 Å². The molecular formula is C16H23N5O2. The highest BCUT2D eigenvalue weighted by molar-refractivity contribution is 5.80. The molecule has 0 bridgehead atoms. The highest BCUT2D eigenvalue weighted by Crippen LogP contribution is 2.37. The van der Waals surface area contributed by atoms with Crippen LogP contribution in [0.25, 0.3) is 0 Å². The van der Waals surface area contributed by atoms with Crippen molar-refractivity contribution < 1.29 is 9.90 Å². The van der Waals surface area contributed by atoms with Crippen molar-refractivity contribution >= 4 is 36.0 Å². The number of piperidine rings is 1. The number of hydrogen-bond acceptors (Lipinski definition) is 6. The Morgan fingerprint density at radius 2 is 2.39 bits per heavy atom. The normalized spacial score (nSPS) is 21.4. The summed E-state index contributed by atoms with van der Waals surface area (Å²) in [5.74, 6) is 0.586. The number of aliphatic hydroxyl groups excluding tert-OH is 1. The number of aromatic nitrogens is 1. The molecule has 1 fully saturated rings. The third kappa shape index (κ3) is 4.13. The minimum Gasteiger partial charge on any atom is -0.387 e. The van der Waals surface area contributed by atoms with Gasteiger partial charge in [-0.05, 0) is 32.0 Å². The smallest absolute Gasteiger partial charge is 0.245 e. The standard InChI is InChI=1S/C16H23N5O2/c1-4-18-16-15(17-3)13(5-6-19-16)21-8-11(2)7-12(9-21)20-14(23)10-22/h4-6,11-12,22H,3,7-10H2,1-2H3,(H,20,23)/t11-,12+/m0/s1. The number of nitrogens with one attached hydrogen (secondary N) is 1. The SMILES string of the molecule is C=Nc1c(N2C[C@@H](C)C[C@@H](NC(=O)CO)C2)ccnc1N=CC. The van der Waals surface area contributed by atoms with Crippen LogP contribution in [0, 0.1) is 5.92 Å². The van der Waals surface area contributed by atoms with Crippen molar-refractivity contribution in [2.45, 2.75) is 26.3 Å². The van der Waals surface area contributed by atoms with Gasteiger partial charge in [-0.3, -0.25) is 9.79 Å². The average molecular weight is 317 g/mol. The number of anilines is 1. The maximum absolute atomic E-state index is 11.5. The Hall–Kier alpha value is -2.28. The lowest BCUT2D eigenvalue weighted by atomic mass is 9.95. The van der Waals surface area contributed by atoms with Crippen LogP contribution in [0.2, 0.25) is 0 Å². The Bertz CT molecular complexity index is 602. The van der Waals surface area contributed by atoms with E-state index >= 15 is 0 Å². The summed E-state index contributed by atoms with van der Waals surface area (Å²) in [4.78, 5) is 26.2. The first-order valence-electron chi connectivity index (χ1n) is 7.68. The molecule has 0 aromatic carbocycles.